The average Bonchev–Trinajstić information content (AvgIpc) is 3.27. The Labute approximate surface area is 178 Å². The summed E-state index contributed by atoms with van der Waals surface area (Å²) in [5.74, 6) is 0.220. The van der Waals surface area contributed by atoms with Crippen LogP contribution in [0.25, 0.3) is 5.65 Å². The Kier molecular flexibility index (Phi) is 5.23. The molecule has 2 atom stereocenters. The summed E-state index contributed by atoms with van der Waals surface area (Å²) >= 11 is 0. The molecule has 1 aliphatic heterocycles. The van der Waals surface area contributed by atoms with Gasteiger partial charge in [0, 0.05) is 23.7 Å². The van der Waals surface area contributed by atoms with Crippen molar-refractivity contribution in [3.63, 3.8) is 0 Å². The Morgan fingerprint density at radius 3 is 3.06 bits per heavy atom. The molecule has 4 rings (SSSR count). The zero-order valence-electron chi connectivity index (χ0n) is 17.5. The molecular weight excluding hydrogens is 401 g/mol. The molecule has 0 amide bonds. The molecule has 9 heteroatoms. The molecule has 1 aromatic carbocycles. The Hall–Kier alpha value is -3.67. The number of rotatable bonds is 6. The van der Waals surface area contributed by atoms with Crippen LogP contribution in [0.4, 0.5) is 10.2 Å². The summed E-state index contributed by atoms with van der Waals surface area (Å²) < 4.78 is 26.9. The molecule has 1 aliphatic rings. The molecule has 0 bridgehead atoms. The van der Waals surface area contributed by atoms with Gasteiger partial charge in [-0.15, -0.1) is 0 Å². The van der Waals surface area contributed by atoms with Gasteiger partial charge in [0.25, 0.3) is 0 Å². The van der Waals surface area contributed by atoms with Crippen molar-refractivity contribution in [3.8, 4) is 11.8 Å². The molecule has 0 saturated carbocycles. The Morgan fingerprint density at radius 1 is 1.52 bits per heavy atom. The van der Waals surface area contributed by atoms with Crippen molar-refractivity contribution in [3.05, 3.63) is 53.1 Å². The number of hydrogen-bond acceptors (Lipinski definition) is 7. The second-order valence-electron chi connectivity index (χ2n) is 7.77. The van der Waals surface area contributed by atoms with Gasteiger partial charge in [0.1, 0.15) is 28.5 Å². The van der Waals surface area contributed by atoms with Gasteiger partial charge in [-0.1, -0.05) is 0 Å². The number of aromatic nitrogens is 3. The molecular formula is C22H22FN5O3. The smallest absolute Gasteiger partial charge is 0.343 e. The summed E-state index contributed by atoms with van der Waals surface area (Å²) in [7, 11) is 0. The van der Waals surface area contributed by atoms with E-state index in [0.29, 0.717) is 29.2 Å². The second-order valence-corrected chi connectivity index (χ2v) is 7.77. The summed E-state index contributed by atoms with van der Waals surface area (Å²) in [6, 6.07) is 6.38. The van der Waals surface area contributed by atoms with E-state index in [1.165, 1.54) is 22.8 Å². The molecule has 1 N–H and O–H groups in total. The Balaban J connectivity index is 1.63. The fourth-order valence-electron chi connectivity index (χ4n) is 3.80. The third-order valence-corrected chi connectivity index (χ3v) is 5.22. The van der Waals surface area contributed by atoms with Crippen molar-refractivity contribution < 1.29 is 18.7 Å². The van der Waals surface area contributed by atoms with Crippen LogP contribution in [0.15, 0.2) is 30.6 Å². The van der Waals surface area contributed by atoms with E-state index in [-0.39, 0.29) is 30.5 Å². The van der Waals surface area contributed by atoms with E-state index >= 15 is 0 Å². The first kappa shape index (κ1) is 20.6. The quantitative estimate of drug-likeness (QED) is 0.601. The van der Waals surface area contributed by atoms with E-state index in [0.717, 1.165) is 5.56 Å². The lowest BCUT2D eigenvalue weighted by atomic mass is 9.95. The van der Waals surface area contributed by atoms with Crippen molar-refractivity contribution in [2.75, 3.05) is 11.9 Å². The first-order valence-electron chi connectivity index (χ1n) is 10.00. The normalized spacial score (nSPS) is 18.2. The highest BCUT2D eigenvalue weighted by Gasteiger charge is 2.37. The molecule has 160 valence electrons. The number of nitrogens with zero attached hydrogens (tertiary/aromatic N) is 4. The number of ether oxygens (including phenoxy) is 2. The Morgan fingerprint density at radius 2 is 2.32 bits per heavy atom. The van der Waals surface area contributed by atoms with Crippen LogP contribution < -0.4 is 10.1 Å². The van der Waals surface area contributed by atoms with E-state index in [1.807, 2.05) is 13.8 Å². The number of benzene rings is 1. The van der Waals surface area contributed by atoms with Crippen LogP contribution in [-0.2, 0) is 11.2 Å². The van der Waals surface area contributed by atoms with Gasteiger partial charge in [0.15, 0.2) is 5.65 Å². The molecule has 0 radical (unpaired) electrons. The maximum absolute atomic E-state index is 14.3. The third kappa shape index (κ3) is 3.89. The highest BCUT2D eigenvalue weighted by Crippen LogP contribution is 2.42. The van der Waals surface area contributed by atoms with Crippen molar-refractivity contribution >= 4 is 17.4 Å². The summed E-state index contributed by atoms with van der Waals surface area (Å²) in [5.41, 5.74) is 1.32. The fourth-order valence-corrected chi connectivity index (χ4v) is 3.80. The first-order valence-corrected chi connectivity index (χ1v) is 10.00. The lowest BCUT2D eigenvalue weighted by Gasteiger charge is -2.23. The highest BCUT2D eigenvalue weighted by molar-refractivity contribution is 5.95. The van der Waals surface area contributed by atoms with Gasteiger partial charge in [0.2, 0.25) is 0 Å². The van der Waals surface area contributed by atoms with Crippen LogP contribution in [-0.4, -0.2) is 32.8 Å². The number of anilines is 1. The maximum atomic E-state index is 14.3. The molecule has 8 nitrogen and oxygen atoms in total. The number of halogens is 1. The van der Waals surface area contributed by atoms with Crippen LogP contribution in [0.3, 0.4) is 0 Å². The fraction of sp³-hybridized carbons (Fsp3) is 0.364. The number of fused-ring (bicyclic) bond motifs is 2. The second kappa shape index (κ2) is 7.87. The van der Waals surface area contributed by atoms with Gasteiger partial charge in [-0.25, -0.2) is 18.7 Å². The van der Waals surface area contributed by atoms with Crippen LogP contribution in [0.1, 0.15) is 54.7 Å². The average molecular weight is 423 g/mol. The monoisotopic (exact) mass is 423 g/mol. The standard InChI is InChI=1S/C22H22FN5O3/c1-4-30-21(29)17-12-25-28-8-5-18(27-20(17)28)26-13(2)16-10-15(23)9-14-11-22(3,6-7-24)31-19(14)16/h5,8-10,12-13H,4,6,11H2,1-3H3,(H,26,27)/t13?,22-/m0/s1. The number of carbonyl (C=O) groups is 1. The van der Waals surface area contributed by atoms with E-state index in [9.17, 15) is 9.18 Å². The number of hydrogen-bond donors (Lipinski definition) is 1. The minimum absolute atomic E-state index is 0.209. The molecule has 3 aromatic rings. The lowest BCUT2D eigenvalue weighted by molar-refractivity contribution is 0.0528. The van der Waals surface area contributed by atoms with E-state index < -0.39 is 11.6 Å². The first-order chi connectivity index (χ1) is 14.8. The predicted molar refractivity (Wildman–Crippen MR) is 110 cm³/mol. The zero-order valence-corrected chi connectivity index (χ0v) is 17.5. The number of nitrogens with one attached hydrogen (secondary N) is 1. The maximum Gasteiger partial charge on any atom is 0.343 e. The van der Waals surface area contributed by atoms with Crippen LogP contribution >= 0.6 is 0 Å². The number of carbonyl (C=O) groups excluding carboxylic acids is 1. The minimum atomic E-state index is -0.678. The number of nitriles is 1. The van der Waals surface area contributed by atoms with Crippen molar-refractivity contribution in [1.82, 2.24) is 14.6 Å². The molecule has 3 heterocycles. The lowest BCUT2D eigenvalue weighted by Crippen LogP contribution is -2.29. The molecule has 31 heavy (non-hydrogen) atoms. The molecule has 2 aromatic heterocycles. The van der Waals surface area contributed by atoms with E-state index in [2.05, 4.69) is 21.5 Å². The van der Waals surface area contributed by atoms with Crippen LogP contribution in [0.2, 0.25) is 0 Å². The summed E-state index contributed by atoms with van der Waals surface area (Å²) in [5, 5.41) is 16.5. The van der Waals surface area contributed by atoms with Crippen LogP contribution in [0.5, 0.6) is 5.75 Å². The van der Waals surface area contributed by atoms with Gasteiger partial charge in [-0.2, -0.15) is 10.4 Å². The third-order valence-electron chi connectivity index (χ3n) is 5.22. The molecule has 0 aliphatic carbocycles. The number of esters is 1. The summed E-state index contributed by atoms with van der Waals surface area (Å²) in [6.45, 7) is 5.70. The molecule has 0 spiro atoms. The van der Waals surface area contributed by atoms with Crippen molar-refractivity contribution in [2.24, 2.45) is 0 Å². The van der Waals surface area contributed by atoms with Gasteiger partial charge in [-0.05, 0) is 39.0 Å². The molecule has 0 fully saturated rings. The van der Waals surface area contributed by atoms with Crippen molar-refractivity contribution in [1.29, 1.82) is 5.26 Å². The Bertz CT molecular complexity index is 1200. The molecule has 0 saturated heterocycles. The SMILES string of the molecule is CCOC(=O)c1cnn2ccc(NC(C)c3cc(F)cc4c3O[C@@](C)(CC#N)C4)nc12. The largest absolute Gasteiger partial charge is 0.485 e. The molecule has 1 unspecified atom stereocenters. The van der Waals surface area contributed by atoms with E-state index in [1.54, 1.807) is 19.2 Å². The minimum Gasteiger partial charge on any atom is -0.485 e. The van der Waals surface area contributed by atoms with Crippen molar-refractivity contribution in [2.45, 2.75) is 45.3 Å². The summed E-state index contributed by atoms with van der Waals surface area (Å²) in [6.07, 6.45) is 3.77. The summed E-state index contributed by atoms with van der Waals surface area (Å²) in [4.78, 5) is 16.6. The van der Waals surface area contributed by atoms with Gasteiger partial charge < -0.3 is 14.8 Å². The van der Waals surface area contributed by atoms with Gasteiger partial charge >= 0.3 is 5.97 Å². The highest BCUT2D eigenvalue weighted by atomic mass is 19.1. The zero-order chi connectivity index (χ0) is 22.2. The van der Waals surface area contributed by atoms with Gasteiger partial charge in [0.05, 0.1) is 31.3 Å². The topological polar surface area (TPSA) is 102 Å². The predicted octanol–water partition coefficient (Wildman–Crippen LogP) is 3.83. The van der Waals surface area contributed by atoms with E-state index in [4.69, 9.17) is 14.7 Å². The van der Waals surface area contributed by atoms with Crippen LogP contribution in [0, 0.1) is 17.1 Å². The van der Waals surface area contributed by atoms with Gasteiger partial charge in [-0.3, -0.25) is 0 Å².